The Morgan fingerprint density at radius 1 is 1.50 bits per heavy atom. The molecule has 0 aliphatic carbocycles. The number of carbonyl (C=O) groups excluding carboxylic acids is 1. The zero-order valence-electron chi connectivity index (χ0n) is 11.3. The van der Waals surface area contributed by atoms with E-state index in [1.807, 2.05) is 20.9 Å². The van der Waals surface area contributed by atoms with Crippen molar-refractivity contribution in [3.63, 3.8) is 0 Å². The van der Waals surface area contributed by atoms with Gasteiger partial charge in [0.1, 0.15) is 0 Å². The lowest BCUT2D eigenvalue weighted by atomic mass is 10.1. The van der Waals surface area contributed by atoms with Crippen LogP contribution >= 0.6 is 0 Å². The van der Waals surface area contributed by atoms with E-state index in [1.165, 1.54) is 0 Å². The van der Waals surface area contributed by atoms with Gasteiger partial charge in [0.25, 0.3) is 5.91 Å². The summed E-state index contributed by atoms with van der Waals surface area (Å²) in [5.74, 6) is -0.0751. The fourth-order valence-corrected chi connectivity index (χ4v) is 2.39. The first-order valence-corrected chi connectivity index (χ1v) is 6.09. The molecule has 100 valence electrons. The molecule has 1 amide bonds. The van der Waals surface area contributed by atoms with Gasteiger partial charge in [-0.15, -0.1) is 0 Å². The zero-order valence-corrected chi connectivity index (χ0v) is 11.3. The molecule has 2 heterocycles. The monoisotopic (exact) mass is 252 g/mol. The van der Waals surface area contributed by atoms with Crippen molar-refractivity contribution in [1.29, 1.82) is 0 Å². The van der Waals surface area contributed by atoms with Crippen LogP contribution in [0.25, 0.3) is 0 Å². The van der Waals surface area contributed by atoms with Crippen LogP contribution in [0.5, 0.6) is 0 Å². The molecule has 0 aromatic carbocycles. The number of methoxy groups -OCH3 is 1. The molecule has 1 aromatic heterocycles. The number of rotatable bonds is 3. The summed E-state index contributed by atoms with van der Waals surface area (Å²) in [6.07, 6.45) is 0.0335. The molecule has 18 heavy (non-hydrogen) atoms. The third-order valence-corrected chi connectivity index (χ3v) is 3.51. The molecular weight excluding hydrogens is 232 g/mol. The highest BCUT2D eigenvalue weighted by Gasteiger charge is 2.29. The summed E-state index contributed by atoms with van der Waals surface area (Å²) in [4.78, 5) is 12.3. The van der Waals surface area contributed by atoms with Crippen molar-refractivity contribution in [1.82, 2.24) is 20.4 Å². The van der Waals surface area contributed by atoms with Crippen LogP contribution in [0.4, 0.5) is 0 Å². The molecule has 1 aliphatic heterocycles. The lowest BCUT2D eigenvalue weighted by molar-refractivity contribution is 0.0779. The van der Waals surface area contributed by atoms with Gasteiger partial charge in [0.2, 0.25) is 0 Å². The first kappa shape index (κ1) is 13.0. The Balaban J connectivity index is 2.12. The van der Waals surface area contributed by atoms with Crippen LogP contribution in [0.1, 0.15) is 21.7 Å². The molecule has 1 aliphatic rings. The van der Waals surface area contributed by atoms with Crippen molar-refractivity contribution in [2.24, 2.45) is 7.05 Å². The summed E-state index contributed by atoms with van der Waals surface area (Å²) >= 11 is 0. The molecule has 2 atom stereocenters. The first-order valence-electron chi connectivity index (χ1n) is 6.09. The number of hydrogen-bond donors (Lipinski definition) is 2. The Hall–Kier alpha value is -1.40. The number of hydrogen-bond acceptors (Lipinski definition) is 4. The van der Waals surface area contributed by atoms with Crippen LogP contribution in [0.2, 0.25) is 0 Å². The van der Waals surface area contributed by atoms with Gasteiger partial charge in [-0.25, -0.2) is 0 Å². The number of nitrogens with zero attached hydrogens (tertiary/aromatic N) is 2. The van der Waals surface area contributed by atoms with E-state index in [0.29, 0.717) is 5.56 Å². The van der Waals surface area contributed by atoms with Gasteiger partial charge in [-0.3, -0.25) is 9.48 Å². The summed E-state index contributed by atoms with van der Waals surface area (Å²) in [5.41, 5.74) is 2.30. The average Bonchev–Trinajstić information content (AvgIpc) is 2.85. The van der Waals surface area contributed by atoms with Gasteiger partial charge in [-0.2, -0.15) is 5.10 Å². The second kappa shape index (κ2) is 5.07. The fraction of sp³-hybridized carbons (Fsp3) is 0.667. The van der Waals surface area contributed by atoms with Gasteiger partial charge >= 0.3 is 0 Å². The second-order valence-corrected chi connectivity index (χ2v) is 4.68. The molecular formula is C12H20N4O2. The van der Waals surface area contributed by atoms with Gasteiger partial charge in [0, 0.05) is 32.9 Å². The maximum absolute atomic E-state index is 12.3. The smallest absolute Gasteiger partial charge is 0.255 e. The zero-order chi connectivity index (χ0) is 13.3. The van der Waals surface area contributed by atoms with E-state index in [1.54, 1.807) is 11.8 Å². The van der Waals surface area contributed by atoms with E-state index in [0.717, 1.165) is 24.5 Å². The molecule has 0 spiro atoms. The van der Waals surface area contributed by atoms with Crippen molar-refractivity contribution in [3.05, 3.63) is 17.0 Å². The van der Waals surface area contributed by atoms with Gasteiger partial charge in [-0.05, 0) is 13.8 Å². The first-order chi connectivity index (χ1) is 8.54. The largest absolute Gasteiger partial charge is 0.378 e. The van der Waals surface area contributed by atoms with Crippen LogP contribution in [-0.2, 0) is 11.8 Å². The quantitative estimate of drug-likeness (QED) is 0.778. The number of amides is 1. The van der Waals surface area contributed by atoms with Crippen LogP contribution in [0.3, 0.4) is 0 Å². The Labute approximate surface area is 107 Å². The Kier molecular flexibility index (Phi) is 3.68. The van der Waals surface area contributed by atoms with Crippen molar-refractivity contribution in [2.75, 3.05) is 20.2 Å². The van der Waals surface area contributed by atoms with Crippen LogP contribution in [0, 0.1) is 13.8 Å². The predicted octanol–water partition coefficient (Wildman–Crippen LogP) is -0.246. The molecule has 6 heteroatoms. The Morgan fingerprint density at radius 2 is 2.22 bits per heavy atom. The molecule has 0 radical (unpaired) electrons. The van der Waals surface area contributed by atoms with E-state index < -0.39 is 0 Å². The third-order valence-electron chi connectivity index (χ3n) is 3.51. The van der Waals surface area contributed by atoms with Crippen LogP contribution in [0.15, 0.2) is 0 Å². The highest BCUT2D eigenvalue weighted by atomic mass is 16.5. The van der Waals surface area contributed by atoms with Crippen molar-refractivity contribution < 1.29 is 9.53 Å². The normalized spacial score (nSPS) is 23.3. The summed E-state index contributed by atoms with van der Waals surface area (Å²) in [6, 6.07) is 0.0153. The maximum atomic E-state index is 12.3. The molecule has 2 N–H and O–H groups in total. The summed E-state index contributed by atoms with van der Waals surface area (Å²) in [6.45, 7) is 5.26. The maximum Gasteiger partial charge on any atom is 0.255 e. The van der Waals surface area contributed by atoms with Crippen molar-refractivity contribution in [2.45, 2.75) is 26.0 Å². The third kappa shape index (κ3) is 2.26. The highest BCUT2D eigenvalue weighted by molar-refractivity contribution is 5.96. The molecule has 0 bridgehead atoms. The lowest BCUT2D eigenvalue weighted by Gasteiger charge is -2.18. The number of aromatic nitrogens is 2. The SMILES string of the molecule is CO[C@H]1CNCC1NC(=O)c1c(C)nn(C)c1C. The highest BCUT2D eigenvalue weighted by Crippen LogP contribution is 2.13. The number of ether oxygens (including phenoxy) is 1. The van der Waals surface area contributed by atoms with Gasteiger partial charge < -0.3 is 15.4 Å². The Bertz CT molecular complexity index is 455. The van der Waals surface area contributed by atoms with Crippen LogP contribution < -0.4 is 10.6 Å². The van der Waals surface area contributed by atoms with E-state index >= 15 is 0 Å². The minimum atomic E-state index is -0.0751. The summed E-state index contributed by atoms with van der Waals surface area (Å²) < 4.78 is 7.06. The lowest BCUT2D eigenvalue weighted by Crippen LogP contribution is -2.43. The van der Waals surface area contributed by atoms with Gasteiger partial charge in [0.15, 0.2) is 0 Å². The topological polar surface area (TPSA) is 68.2 Å². The summed E-state index contributed by atoms with van der Waals surface area (Å²) in [7, 11) is 3.51. The number of nitrogens with one attached hydrogen (secondary N) is 2. The molecule has 1 unspecified atom stereocenters. The molecule has 6 nitrogen and oxygen atoms in total. The van der Waals surface area contributed by atoms with Crippen LogP contribution in [-0.4, -0.2) is 48.0 Å². The average molecular weight is 252 g/mol. The Morgan fingerprint density at radius 3 is 2.78 bits per heavy atom. The second-order valence-electron chi connectivity index (χ2n) is 4.68. The minimum absolute atomic E-state index is 0.0153. The minimum Gasteiger partial charge on any atom is -0.378 e. The van der Waals surface area contributed by atoms with Crippen molar-refractivity contribution in [3.8, 4) is 0 Å². The van der Waals surface area contributed by atoms with Gasteiger partial charge in [-0.1, -0.05) is 0 Å². The standard InChI is InChI=1S/C12H20N4O2/c1-7-11(8(2)16(3)15-7)12(17)14-9-5-13-6-10(9)18-4/h9-10,13H,5-6H2,1-4H3,(H,14,17)/t9?,10-/m0/s1. The van der Waals surface area contributed by atoms with E-state index in [-0.39, 0.29) is 18.1 Å². The molecule has 2 rings (SSSR count). The van der Waals surface area contributed by atoms with E-state index in [9.17, 15) is 4.79 Å². The summed E-state index contributed by atoms with van der Waals surface area (Å²) in [5, 5.41) is 10.5. The predicted molar refractivity (Wildman–Crippen MR) is 67.6 cm³/mol. The molecule has 1 saturated heterocycles. The molecule has 1 fully saturated rings. The fourth-order valence-electron chi connectivity index (χ4n) is 2.39. The molecule has 1 aromatic rings. The molecule has 0 saturated carbocycles. The van der Waals surface area contributed by atoms with E-state index in [2.05, 4.69) is 15.7 Å². The van der Waals surface area contributed by atoms with Crippen molar-refractivity contribution >= 4 is 5.91 Å². The van der Waals surface area contributed by atoms with E-state index in [4.69, 9.17) is 4.74 Å². The van der Waals surface area contributed by atoms with Gasteiger partial charge in [0.05, 0.1) is 23.4 Å². The number of carbonyl (C=O) groups is 1. The number of aryl methyl sites for hydroxylation is 2.